The molecule has 1 amide bonds. The molecule has 9 heteroatoms. The van der Waals surface area contributed by atoms with E-state index in [1.165, 1.54) is 5.56 Å². The molecule has 0 saturated carbocycles. The number of nitrogens with one attached hydrogen (secondary N) is 1. The van der Waals surface area contributed by atoms with Crippen LogP contribution in [0.25, 0.3) is 0 Å². The average molecular weight is 472 g/mol. The highest BCUT2D eigenvalue weighted by atomic mass is 35.5. The fraction of sp³-hybridized carbons (Fsp3) is 0.348. The summed E-state index contributed by atoms with van der Waals surface area (Å²) in [4.78, 5) is 14.5. The van der Waals surface area contributed by atoms with Crippen molar-refractivity contribution in [3.8, 4) is 0 Å². The van der Waals surface area contributed by atoms with E-state index in [0.717, 1.165) is 29.8 Å². The maximum atomic E-state index is 12.3. The Labute approximate surface area is 197 Å². The molecule has 168 valence electrons. The molecular formula is C23H26ClN5O2S. The second kappa shape index (κ2) is 11.4. The number of nitrogens with zero attached hydrogens (tertiary/aromatic N) is 4. The minimum absolute atomic E-state index is 0.0139. The zero-order valence-corrected chi connectivity index (χ0v) is 19.3. The summed E-state index contributed by atoms with van der Waals surface area (Å²) in [6.45, 7) is 4.07. The van der Waals surface area contributed by atoms with Crippen LogP contribution in [0.4, 0.5) is 5.95 Å². The number of carbonyl (C=O) groups is 1. The second-order valence-corrected chi connectivity index (χ2v) is 8.89. The summed E-state index contributed by atoms with van der Waals surface area (Å²) in [5.41, 5.74) is 2.09. The maximum Gasteiger partial charge on any atom is 0.228 e. The maximum absolute atomic E-state index is 12.3. The third-order valence-electron chi connectivity index (χ3n) is 5.17. The van der Waals surface area contributed by atoms with Crippen LogP contribution in [-0.4, -0.2) is 52.7 Å². The van der Waals surface area contributed by atoms with Crippen LogP contribution in [0.3, 0.4) is 0 Å². The summed E-state index contributed by atoms with van der Waals surface area (Å²) in [5, 5.41) is 13.3. The molecule has 0 aliphatic carbocycles. The molecule has 1 N–H and O–H groups in total. The van der Waals surface area contributed by atoms with Gasteiger partial charge in [-0.2, -0.15) is 0 Å². The number of aromatic nitrogens is 3. The molecular weight excluding hydrogens is 446 g/mol. The minimum atomic E-state index is -0.0139. The van der Waals surface area contributed by atoms with Gasteiger partial charge < -0.3 is 15.0 Å². The quantitative estimate of drug-likeness (QED) is 0.480. The van der Waals surface area contributed by atoms with Crippen LogP contribution in [0.1, 0.15) is 17.5 Å². The molecule has 1 saturated heterocycles. The van der Waals surface area contributed by atoms with Crippen LogP contribution in [0, 0.1) is 0 Å². The lowest BCUT2D eigenvalue weighted by Crippen LogP contribution is -2.38. The number of carbonyl (C=O) groups excluding carboxylic acids is 1. The highest BCUT2D eigenvalue weighted by Crippen LogP contribution is 2.24. The largest absolute Gasteiger partial charge is 0.378 e. The van der Waals surface area contributed by atoms with Crippen LogP contribution in [0.5, 0.6) is 0 Å². The standard InChI is InChI=1S/C23H26ClN5O2S/c24-20-9-5-4-8-19(20)16-25-21(30)10-15-32-23-27-26-22(28-11-13-31-14-12-28)29(23)17-18-6-2-1-3-7-18/h1-9H,10-17H2,(H,25,30). The Bertz CT molecular complexity index is 1020. The number of amides is 1. The van der Waals surface area contributed by atoms with Gasteiger partial charge in [0.2, 0.25) is 11.9 Å². The highest BCUT2D eigenvalue weighted by Gasteiger charge is 2.21. The molecule has 7 nitrogen and oxygen atoms in total. The van der Waals surface area contributed by atoms with Gasteiger partial charge in [0, 0.05) is 36.8 Å². The Morgan fingerprint density at radius 2 is 1.81 bits per heavy atom. The number of anilines is 1. The smallest absolute Gasteiger partial charge is 0.228 e. The summed E-state index contributed by atoms with van der Waals surface area (Å²) >= 11 is 7.71. The summed E-state index contributed by atoms with van der Waals surface area (Å²) in [6.07, 6.45) is 0.389. The predicted octanol–water partition coefficient (Wildman–Crippen LogP) is 3.62. The van der Waals surface area contributed by atoms with Gasteiger partial charge in [-0.05, 0) is 17.2 Å². The molecule has 32 heavy (non-hydrogen) atoms. The normalized spacial score (nSPS) is 13.8. The van der Waals surface area contributed by atoms with Gasteiger partial charge in [0.15, 0.2) is 5.16 Å². The van der Waals surface area contributed by atoms with Crippen molar-refractivity contribution in [3.63, 3.8) is 0 Å². The monoisotopic (exact) mass is 471 g/mol. The Balaban J connectivity index is 1.37. The molecule has 0 spiro atoms. The first-order valence-corrected chi connectivity index (χ1v) is 12.0. The van der Waals surface area contributed by atoms with Crippen LogP contribution in [-0.2, 0) is 22.6 Å². The summed E-state index contributed by atoms with van der Waals surface area (Å²) in [6, 6.07) is 17.8. The zero-order valence-electron chi connectivity index (χ0n) is 17.7. The molecule has 1 fully saturated rings. The fourth-order valence-corrected chi connectivity index (χ4v) is 4.52. The Morgan fingerprint density at radius 1 is 1.06 bits per heavy atom. The topological polar surface area (TPSA) is 72.3 Å². The number of hydrogen-bond acceptors (Lipinski definition) is 6. The van der Waals surface area contributed by atoms with E-state index >= 15 is 0 Å². The number of rotatable bonds is 9. The first-order chi connectivity index (χ1) is 15.7. The number of thioether (sulfide) groups is 1. The van der Waals surface area contributed by atoms with Gasteiger partial charge in [-0.25, -0.2) is 0 Å². The lowest BCUT2D eigenvalue weighted by molar-refractivity contribution is -0.120. The fourth-order valence-electron chi connectivity index (χ4n) is 3.45. The molecule has 0 radical (unpaired) electrons. The van der Waals surface area contributed by atoms with E-state index in [4.69, 9.17) is 16.3 Å². The van der Waals surface area contributed by atoms with E-state index in [0.29, 0.717) is 43.5 Å². The van der Waals surface area contributed by atoms with Crippen molar-refractivity contribution in [3.05, 3.63) is 70.7 Å². The molecule has 3 aromatic rings. The Kier molecular flexibility index (Phi) is 8.03. The molecule has 1 aliphatic heterocycles. The summed E-state index contributed by atoms with van der Waals surface area (Å²) in [5.74, 6) is 1.45. The van der Waals surface area contributed by atoms with Crippen molar-refractivity contribution in [2.75, 3.05) is 37.0 Å². The van der Waals surface area contributed by atoms with Crippen molar-refractivity contribution >= 4 is 35.2 Å². The van der Waals surface area contributed by atoms with Crippen molar-refractivity contribution in [1.82, 2.24) is 20.1 Å². The molecule has 0 atom stereocenters. The van der Waals surface area contributed by atoms with Gasteiger partial charge in [0.05, 0.1) is 19.8 Å². The van der Waals surface area contributed by atoms with Crippen LogP contribution >= 0.6 is 23.4 Å². The van der Waals surface area contributed by atoms with E-state index in [1.54, 1.807) is 11.8 Å². The summed E-state index contributed by atoms with van der Waals surface area (Å²) < 4.78 is 7.61. The van der Waals surface area contributed by atoms with Crippen LogP contribution in [0.15, 0.2) is 59.8 Å². The van der Waals surface area contributed by atoms with Crippen LogP contribution < -0.4 is 10.2 Å². The SMILES string of the molecule is O=C(CCSc1nnc(N2CCOCC2)n1Cc1ccccc1)NCc1ccccc1Cl. The van der Waals surface area contributed by atoms with Gasteiger partial charge in [-0.3, -0.25) is 9.36 Å². The van der Waals surface area contributed by atoms with E-state index in [9.17, 15) is 4.79 Å². The predicted molar refractivity (Wildman–Crippen MR) is 127 cm³/mol. The van der Waals surface area contributed by atoms with E-state index < -0.39 is 0 Å². The molecule has 0 bridgehead atoms. The molecule has 2 heterocycles. The van der Waals surface area contributed by atoms with Gasteiger partial charge in [-0.15, -0.1) is 10.2 Å². The van der Waals surface area contributed by atoms with Crippen molar-refractivity contribution in [2.45, 2.75) is 24.7 Å². The lowest BCUT2D eigenvalue weighted by Gasteiger charge is -2.28. The molecule has 0 unspecified atom stereocenters. The molecule has 2 aromatic carbocycles. The molecule has 4 rings (SSSR count). The van der Waals surface area contributed by atoms with Crippen molar-refractivity contribution < 1.29 is 9.53 Å². The third-order valence-corrected chi connectivity index (χ3v) is 6.51. The van der Waals surface area contributed by atoms with Gasteiger partial charge in [0.1, 0.15) is 0 Å². The number of hydrogen-bond donors (Lipinski definition) is 1. The average Bonchev–Trinajstić information content (AvgIpc) is 3.22. The summed E-state index contributed by atoms with van der Waals surface area (Å²) in [7, 11) is 0. The number of benzene rings is 2. The molecule has 1 aliphatic rings. The highest BCUT2D eigenvalue weighted by molar-refractivity contribution is 7.99. The van der Waals surface area contributed by atoms with E-state index in [2.05, 4.69) is 37.1 Å². The van der Waals surface area contributed by atoms with Gasteiger partial charge in [0.25, 0.3) is 0 Å². The number of halogens is 1. The molecule has 1 aromatic heterocycles. The first-order valence-electron chi connectivity index (χ1n) is 10.6. The van der Waals surface area contributed by atoms with Crippen LogP contribution in [0.2, 0.25) is 5.02 Å². The second-order valence-electron chi connectivity index (χ2n) is 7.42. The Morgan fingerprint density at radius 3 is 2.59 bits per heavy atom. The minimum Gasteiger partial charge on any atom is -0.378 e. The number of ether oxygens (including phenoxy) is 1. The zero-order chi connectivity index (χ0) is 22.2. The Hall–Kier alpha value is -2.55. The van der Waals surface area contributed by atoms with Crippen molar-refractivity contribution in [1.29, 1.82) is 0 Å². The van der Waals surface area contributed by atoms with Gasteiger partial charge >= 0.3 is 0 Å². The lowest BCUT2D eigenvalue weighted by atomic mass is 10.2. The van der Waals surface area contributed by atoms with Gasteiger partial charge in [-0.1, -0.05) is 71.9 Å². The van der Waals surface area contributed by atoms with E-state index in [1.807, 2.05) is 42.5 Å². The first kappa shape index (κ1) is 22.6. The van der Waals surface area contributed by atoms with Crippen molar-refractivity contribution in [2.24, 2.45) is 0 Å². The number of morpholine rings is 1. The third kappa shape index (κ3) is 6.03. The van der Waals surface area contributed by atoms with E-state index in [-0.39, 0.29) is 5.91 Å².